The lowest BCUT2D eigenvalue weighted by atomic mass is 9.99. The lowest BCUT2D eigenvalue weighted by Gasteiger charge is -2.13. The third-order valence-electron chi connectivity index (χ3n) is 2.87. The predicted molar refractivity (Wildman–Crippen MR) is 80.5 cm³/mol. The Morgan fingerprint density at radius 1 is 1.32 bits per heavy atom. The maximum absolute atomic E-state index is 12.1. The minimum absolute atomic E-state index is 0.0868. The molecule has 0 aromatic carbocycles. The summed E-state index contributed by atoms with van der Waals surface area (Å²) in [7, 11) is 1.24. The van der Waals surface area contributed by atoms with Crippen molar-refractivity contribution in [2.45, 2.75) is 26.2 Å². The second kappa shape index (κ2) is 9.55. The summed E-state index contributed by atoms with van der Waals surface area (Å²) in [5.41, 5.74) is 1.69. The molecule has 1 aromatic heterocycles. The van der Waals surface area contributed by atoms with Crippen LogP contribution in [0.3, 0.4) is 0 Å². The molecule has 22 heavy (non-hydrogen) atoms. The van der Waals surface area contributed by atoms with Crippen molar-refractivity contribution in [2.24, 2.45) is 0 Å². The van der Waals surface area contributed by atoms with Crippen LogP contribution in [0.1, 0.15) is 30.5 Å². The van der Waals surface area contributed by atoms with E-state index < -0.39 is 12.1 Å². The molecule has 1 aromatic rings. The minimum atomic E-state index is -0.744. The molecule has 0 saturated heterocycles. The van der Waals surface area contributed by atoms with Crippen LogP contribution in [-0.4, -0.2) is 37.4 Å². The monoisotopic (exact) mass is 307 g/mol. The highest BCUT2D eigenvalue weighted by Crippen LogP contribution is 2.21. The quantitative estimate of drug-likeness (QED) is 0.569. The first kappa shape index (κ1) is 17.7. The molecular formula is C16H21NO5. The van der Waals surface area contributed by atoms with Gasteiger partial charge in [-0.05, 0) is 38.0 Å². The number of hydrogen-bond donors (Lipinski definition) is 0. The van der Waals surface area contributed by atoms with Gasteiger partial charge in [0.2, 0.25) is 0 Å². The van der Waals surface area contributed by atoms with Crippen molar-refractivity contribution in [3.63, 3.8) is 0 Å². The van der Waals surface area contributed by atoms with Gasteiger partial charge in [0.05, 0.1) is 19.4 Å². The fourth-order valence-corrected chi connectivity index (χ4v) is 1.81. The molecule has 0 saturated carbocycles. The Morgan fingerprint density at radius 2 is 2.09 bits per heavy atom. The number of allylic oxidation sites excluding steroid dienone is 1. The minimum Gasteiger partial charge on any atom is -0.465 e. The van der Waals surface area contributed by atoms with E-state index >= 15 is 0 Å². The Morgan fingerprint density at radius 3 is 2.73 bits per heavy atom. The maximum Gasteiger partial charge on any atom is 0.508 e. The molecule has 120 valence electrons. The summed E-state index contributed by atoms with van der Waals surface area (Å²) in [4.78, 5) is 27.1. The maximum atomic E-state index is 12.1. The summed E-state index contributed by atoms with van der Waals surface area (Å²) >= 11 is 0. The van der Waals surface area contributed by atoms with Gasteiger partial charge in [-0.1, -0.05) is 12.2 Å². The van der Waals surface area contributed by atoms with Gasteiger partial charge in [-0.3, -0.25) is 9.78 Å². The van der Waals surface area contributed by atoms with Crippen LogP contribution in [0, 0.1) is 6.92 Å². The molecule has 0 aliphatic heterocycles. The summed E-state index contributed by atoms with van der Waals surface area (Å²) in [6, 6.07) is 3.73. The highest BCUT2D eigenvalue weighted by atomic mass is 16.7. The SMILES string of the molecule is CCOC(=O)C(C/C=C/COC(=O)OC)c1cc(C)ccn1. The van der Waals surface area contributed by atoms with Gasteiger partial charge in [-0.2, -0.15) is 0 Å². The Bertz CT molecular complexity index is 527. The predicted octanol–water partition coefficient (Wildman–Crippen LogP) is 2.77. The zero-order valence-electron chi connectivity index (χ0n) is 13.1. The molecule has 1 rings (SSSR count). The average Bonchev–Trinajstić information content (AvgIpc) is 2.50. The van der Waals surface area contributed by atoms with Crippen LogP contribution in [0.25, 0.3) is 0 Å². The molecule has 0 fully saturated rings. The lowest BCUT2D eigenvalue weighted by molar-refractivity contribution is -0.145. The van der Waals surface area contributed by atoms with E-state index in [1.807, 2.05) is 19.1 Å². The molecule has 6 nitrogen and oxygen atoms in total. The van der Waals surface area contributed by atoms with Crippen molar-refractivity contribution >= 4 is 12.1 Å². The first-order valence-corrected chi connectivity index (χ1v) is 7.03. The largest absolute Gasteiger partial charge is 0.508 e. The second-order valence-corrected chi connectivity index (χ2v) is 4.53. The van der Waals surface area contributed by atoms with Crippen LogP contribution < -0.4 is 0 Å². The number of pyridine rings is 1. The Labute approximate surface area is 130 Å². The molecule has 6 heteroatoms. The first-order valence-electron chi connectivity index (χ1n) is 7.03. The van der Waals surface area contributed by atoms with Gasteiger partial charge in [-0.25, -0.2) is 4.79 Å². The number of aryl methyl sites for hydroxylation is 1. The first-order chi connectivity index (χ1) is 10.6. The highest BCUT2D eigenvalue weighted by molar-refractivity contribution is 5.77. The standard InChI is InChI=1S/C16H21NO5/c1-4-21-15(18)13(14-11-12(2)8-9-17-14)7-5-6-10-22-16(19)20-3/h5-6,8-9,11,13H,4,7,10H2,1-3H3/b6-5+. The number of esters is 1. The van der Waals surface area contributed by atoms with Gasteiger partial charge < -0.3 is 14.2 Å². The van der Waals surface area contributed by atoms with Crippen molar-refractivity contribution < 1.29 is 23.8 Å². The van der Waals surface area contributed by atoms with E-state index in [1.165, 1.54) is 7.11 Å². The van der Waals surface area contributed by atoms with Crippen LogP contribution in [0.5, 0.6) is 0 Å². The average molecular weight is 307 g/mol. The molecular weight excluding hydrogens is 286 g/mol. The van der Waals surface area contributed by atoms with Crippen LogP contribution in [-0.2, 0) is 19.0 Å². The molecule has 0 bridgehead atoms. The van der Waals surface area contributed by atoms with E-state index in [1.54, 1.807) is 25.3 Å². The molecule has 1 heterocycles. The number of hydrogen-bond acceptors (Lipinski definition) is 6. The zero-order chi connectivity index (χ0) is 16.4. The molecule has 0 aliphatic carbocycles. The number of aromatic nitrogens is 1. The summed E-state index contributed by atoms with van der Waals surface area (Å²) < 4.78 is 14.2. The van der Waals surface area contributed by atoms with Crippen molar-refractivity contribution in [3.8, 4) is 0 Å². The van der Waals surface area contributed by atoms with Crippen molar-refractivity contribution in [1.29, 1.82) is 0 Å². The highest BCUT2D eigenvalue weighted by Gasteiger charge is 2.22. The van der Waals surface area contributed by atoms with E-state index in [0.717, 1.165) is 5.56 Å². The van der Waals surface area contributed by atoms with Gasteiger partial charge in [0.1, 0.15) is 12.5 Å². The van der Waals surface area contributed by atoms with Crippen LogP contribution in [0.2, 0.25) is 0 Å². The number of carbonyl (C=O) groups excluding carboxylic acids is 2. The summed E-state index contributed by atoms with van der Waals surface area (Å²) in [5, 5.41) is 0. The third-order valence-corrected chi connectivity index (χ3v) is 2.87. The van der Waals surface area contributed by atoms with Gasteiger partial charge in [0.15, 0.2) is 0 Å². The summed E-state index contributed by atoms with van der Waals surface area (Å²) in [6.07, 6.45) is 4.75. The number of carbonyl (C=O) groups is 2. The normalized spacial score (nSPS) is 12.0. The molecule has 0 radical (unpaired) electrons. The van der Waals surface area contributed by atoms with E-state index in [0.29, 0.717) is 18.7 Å². The fourth-order valence-electron chi connectivity index (χ4n) is 1.81. The van der Waals surface area contributed by atoms with Crippen LogP contribution in [0.4, 0.5) is 4.79 Å². The molecule has 1 unspecified atom stereocenters. The van der Waals surface area contributed by atoms with E-state index in [4.69, 9.17) is 9.47 Å². The number of rotatable bonds is 7. The molecule has 1 atom stereocenters. The Hall–Kier alpha value is -2.37. The van der Waals surface area contributed by atoms with E-state index in [2.05, 4.69) is 9.72 Å². The fraction of sp³-hybridized carbons (Fsp3) is 0.438. The van der Waals surface area contributed by atoms with E-state index in [-0.39, 0.29) is 12.6 Å². The molecule has 0 aliphatic rings. The lowest BCUT2D eigenvalue weighted by Crippen LogP contribution is -2.17. The zero-order valence-corrected chi connectivity index (χ0v) is 13.1. The molecule has 0 N–H and O–H groups in total. The Balaban J connectivity index is 2.69. The summed E-state index contributed by atoms with van der Waals surface area (Å²) in [5.74, 6) is -0.798. The Kier molecular flexibility index (Phi) is 7.67. The van der Waals surface area contributed by atoms with Gasteiger partial charge in [0.25, 0.3) is 0 Å². The van der Waals surface area contributed by atoms with Crippen molar-refractivity contribution in [2.75, 3.05) is 20.3 Å². The number of nitrogens with zero attached hydrogens (tertiary/aromatic N) is 1. The third kappa shape index (κ3) is 5.95. The molecule has 0 spiro atoms. The van der Waals surface area contributed by atoms with Crippen molar-refractivity contribution in [1.82, 2.24) is 4.98 Å². The van der Waals surface area contributed by atoms with Crippen molar-refractivity contribution in [3.05, 3.63) is 41.7 Å². The van der Waals surface area contributed by atoms with Crippen LogP contribution >= 0.6 is 0 Å². The summed E-state index contributed by atoms with van der Waals surface area (Å²) in [6.45, 7) is 4.10. The van der Waals surface area contributed by atoms with E-state index in [9.17, 15) is 9.59 Å². The number of methoxy groups -OCH3 is 1. The van der Waals surface area contributed by atoms with Gasteiger partial charge in [0, 0.05) is 6.20 Å². The molecule has 0 amide bonds. The van der Waals surface area contributed by atoms with Gasteiger partial charge in [-0.15, -0.1) is 0 Å². The van der Waals surface area contributed by atoms with Crippen LogP contribution in [0.15, 0.2) is 30.5 Å². The second-order valence-electron chi connectivity index (χ2n) is 4.53. The van der Waals surface area contributed by atoms with Gasteiger partial charge >= 0.3 is 12.1 Å². The number of ether oxygens (including phenoxy) is 3. The smallest absolute Gasteiger partial charge is 0.465 e. The topological polar surface area (TPSA) is 74.7 Å².